The smallest absolute Gasteiger partial charge is 0.259 e. The van der Waals surface area contributed by atoms with E-state index in [1.165, 1.54) is 0 Å². The highest BCUT2D eigenvalue weighted by atomic mass is 32.1. The van der Waals surface area contributed by atoms with E-state index in [1.807, 2.05) is 64.6 Å². The van der Waals surface area contributed by atoms with Gasteiger partial charge in [0.05, 0.1) is 17.4 Å². The quantitative estimate of drug-likeness (QED) is 0.484. The Morgan fingerprint density at radius 1 is 1.23 bits per heavy atom. The molecular formula is C23H21N3O3S. The van der Waals surface area contributed by atoms with Crippen LogP contribution in [0.2, 0.25) is 0 Å². The molecule has 1 aliphatic heterocycles. The monoisotopic (exact) mass is 419 g/mol. The van der Waals surface area contributed by atoms with Gasteiger partial charge < -0.3 is 14.8 Å². The highest BCUT2D eigenvalue weighted by Gasteiger charge is 2.18. The molecule has 0 spiro atoms. The number of thiazole rings is 1. The number of ether oxygens (including phenoxy) is 2. The van der Waals surface area contributed by atoms with Crippen LogP contribution in [0.1, 0.15) is 23.2 Å². The van der Waals surface area contributed by atoms with Crippen LogP contribution >= 0.6 is 11.3 Å². The largest absolute Gasteiger partial charge is 0.490 e. The Morgan fingerprint density at radius 2 is 2.10 bits per heavy atom. The van der Waals surface area contributed by atoms with Crippen LogP contribution in [0.25, 0.3) is 16.2 Å². The van der Waals surface area contributed by atoms with Crippen molar-refractivity contribution in [2.75, 3.05) is 18.5 Å². The third kappa shape index (κ3) is 3.94. The zero-order chi connectivity index (χ0) is 20.3. The number of carbonyl (C=O) groups excluding carboxylic acids is 1. The summed E-state index contributed by atoms with van der Waals surface area (Å²) in [5.74, 6) is 0.369. The Morgan fingerprint density at radius 3 is 2.90 bits per heavy atom. The van der Waals surface area contributed by atoms with E-state index in [9.17, 15) is 4.79 Å². The first kappa shape index (κ1) is 18.8. The molecule has 2 aromatic heterocycles. The predicted octanol–water partition coefficient (Wildman–Crippen LogP) is 4.87. The summed E-state index contributed by atoms with van der Waals surface area (Å²) >= 11 is 1.60. The molecular weight excluding hydrogens is 398 g/mol. The van der Waals surface area contributed by atoms with Crippen molar-refractivity contribution < 1.29 is 14.3 Å². The van der Waals surface area contributed by atoms with Gasteiger partial charge in [0.2, 0.25) is 0 Å². The molecule has 30 heavy (non-hydrogen) atoms. The highest BCUT2D eigenvalue weighted by molar-refractivity contribution is 7.15. The van der Waals surface area contributed by atoms with Gasteiger partial charge in [-0.1, -0.05) is 24.3 Å². The van der Waals surface area contributed by atoms with E-state index < -0.39 is 0 Å². The Kier molecular flexibility index (Phi) is 5.21. The topological polar surface area (TPSA) is 64.9 Å². The lowest BCUT2D eigenvalue weighted by atomic mass is 10.1. The summed E-state index contributed by atoms with van der Waals surface area (Å²) in [5.41, 5.74) is 3.14. The molecule has 152 valence electrons. The number of para-hydroxylation sites is 1. The summed E-state index contributed by atoms with van der Waals surface area (Å²) in [5, 5.41) is 4.96. The molecule has 0 radical (unpaired) electrons. The molecule has 1 atom stereocenters. The van der Waals surface area contributed by atoms with Gasteiger partial charge in [-0.25, -0.2) is 4.98 Å². The van der Waals surface area contributed by atoms with Gasteiger partial charge >= 0.3 is 0 Å². The fourth-order valence-electron chi connectivity index (χ4n) is 3.53. The molecule has 1 fully saturated rings. The van der Waals surface area contributed by atoms with Crippen LogP contribution in [-0.2, 0) is 4.74 Å². The Bertz CT molecular complexity index is 1130. The normalized spacial score (nSPS) is 16.1. The first-order chi connectivity index (χ1) is 14.8. The first-order valence-corrected chi connectivity index (χ1v) is 10.8. The van der Waals surface area contributed by atoms with Gasteiger partial charge in [-0.05, 0) is 37.1 Å². The summed E-state index contributed by atoms with van der Waals surface area (Å²) in [6.45, 7) is 1.24. The molecule has 5 rings (SSSR count). The number of anilines is 1. The fraction of sp³-hybridized carbons (Fsp3) is 0.217. The number of imidazole rings is 1. The second kappa shape index (κ2) is 8.30. The fourth-order valence-corrected chi connectivity index (χ4v) is 4.23. The number of amides is 1. The summed E-state index contributed by atoms with van der Waals surface area (Å²) in [7, 11) is 0. The molecule has 1 aliphatic rings. The molecule has 2 aromatic carbocycles. The third-order valence-corrected chi connectivity index (χ3v) is 5.88. The standard InChI is InChI=1S/C23H21N3O3S/c27-22(19-5-1-2-6-21(19)29-15-18-4-3-12-28-18)24-17-9-7-16(8-10-17)20-14-26-11-13-30-23(26)25-20/h1-2,5-11,13-14,18H,3-4,12,15H2,(H,24,27). The number of benzene rings is 2. The maximum Gasteiger partial charge on any atom is 0.259 e. The van der Waals surface area contributed by atoms with E-state index in [0.29, 0.717) is 17.9 Å². The average Bonchev–Trinajstić information content (AvgIpc) is 3.51. The molecule has 3 heterocycles. The summed E-state index contributed by atoms with van der Waals surface area (Å²) in [4.78, 5) is 18.4. The van der Waals surface area contributed by atoms with Gasteiger partial charge in [0, 0.05) is 35.6 Å². The number of aromatic nitrogens is 2. The summed E-state index contributed by atoms with van der Waals surface area (Å²) in [6.07, 6.45) is 6.15. The molecule has 4 aromatic rings. The second-order valence-corrected chi connectivity index (χ2v) is 8.07. The van der Waals surface area contributed by atoms with Crippen LogP contribution in [0.3, 0.4) is 0 Å². The molecule has 6 nitrogen and oxygen atoms in total. The van der Waals surface area contributed by atoms with Crippen molar-refractivity contribution in [2.24, 2.45) is 0 Å². The van der Waals surface area contributed by atoms with Crippen molar-refractivity contribution in [3.05, 3.63) is 71.9 Å². The van der Waals surface area contributed by atoms with E-state index in [1.54, 1.807) is 17.4 Å². The van der Waals surface area contributed by atoms with Gasteiger partial charge in [-0.3, -0.25) is 9.20 Å². The van der Waals surface area contributed by atoms with Crippen LogP contribution in [0, 0.1) is 0 Å². The van der Waals surface area contributed by atoms with E-state index in [4.69, 9.17) is 9.47 Å². The lowest BCUT2D eigenvalue weighted by Gasteiger charge is -2.14. The van der Waals surface area contributed by atoms with Gasteiger partial charge in [0.25, 0.3) is 5.91 Å². The molecule has 1 amide bonds. The predicted molar refractivity (Wildman–Crippen MR) is 117 cm³/mol. The number of nitrogens with one attached hydrogen (secondary N) is 1. The number of hydrogen-bond donors (Lipinski definition) is 1. The minimum Gasteiger partial charge on any atom is -0.490 e. The molecule has 1 N–H and O–H groups in total. The minimum atomic E-state index is -0.201. The Hall–Kier alpha value is -3.16. The van der Waals surface area contributed by atoms with Crippen LogP contribution in [-0.4, -0.2) is 34.6 Å². The average molecular weight is 420 g/mol. The molecule has 0 aliphatic carbocycles. The summed E-state index contributed by atoms with van der Waals surface area (Å²) in [6, 6.07) is 15.0. The number of fused-ring (bicyclic) bond motifs is 1. The molecule has 0 saturated carbocycles. The molecule has 0 bridgehead atoms. The SMILES string of the molecule is O=C(Nc1ccc(-c2cn3ccsc3n2)cc1)c1ccccc1OCC1CCCO1. The zero-order valence-corrected chi connectivity index (χ0v) is 17.1. The van der Waals surface area contributed by atoms with Crippen LogP contribution in [0.4, 0.5) is 5.69 Å². The number of rotatable bonds is 6. The van der Waals surface area contributed by atoms with Crippen LogP contribution in [0.15, 0.2) is 66.3 Å². The van der Waals surface area contributed by atoms with Crippen molar-refractivity contribution in [3.63, 3.8) is 0 Å². The lowest BCUT2D eigenvalue weighted by molar-refractivity contribution is 0.0673. The minimum absolute atomic E-state index is 0.104. The van der Waals surface area contributed by atoms with Gasteiger partial charge in [0.15, 0.2) is 4.96 Å². The summed E-state index contributed by atoms with van der Waals surface area (Å²) < 4.78 is 13.5. The van der Waals surface area contributed by atoms with Crippen molar-refractivity contribution in [2.45, 2.75) is 18.9 Å². The number of hydrogen-bond acceptors (Lipinski definition) is 5. The van der Waals surface area contributed by atoms with Crippen molar-refractivity contribution in [1.82, 2.24) is 9.38 Å². The van der Waals surface area contributed by atoms with Gasteiger partial charge in [0.1, 0.15) is 12.4 Å². The van der Waals surface area contributed by atoms with Crippen molar-refractivity contribution in [1.29, 1.82) is 0 Å². The highest BCUT2D eigenvalue weighted by Crippen LogP contribution is 2.25. The van der Waals surface area contributed by atoms with Gasteiger partial charge in [-0.2, -0.15) is 0 Å². The second-order valence-electron chi connectivity index (χ2n) is 7.19. The van der Waals surface area contributed by atoms with E-state index in [0.717, 1.165) is 41.4 Å². The van der Waals surface area contributed by atoms with Gasteiger partial charge in [-0.15, -0.1) is 11.3 Å². The molecule has 1 saturated heterocycles. The molecule has 7 heteroatoms. The van der Waals surface area contributed by atoms with Crippen LogP contribution in [0.5, 0.6) is 5.75 Å². The third-order valence-electron chi connectivity index (χ3n) is 5.11. The van der Waals surface area contributed by atoms with E-state index in [2.05, 4.69) is 10.3 Å². The number of nitrogens with zero attached hydrogens (tertiary/aromatic N) is 2. The molecule has 1 unspecified atom stereocenters. The zero-order valence-electron chi connectivity index (χ0n) is 16.3. The maximum absolute atomic E-state index is 12.8. The van der Waals surface area contributed by atoms with Crippen molar-refractivity contribution >= 4 is 27.9 Å². The van der Waals surface area contributed by atoms with E-state index >= 15 is 0 Å². The van der Waals surface area contributed by atoms with E-state index in [-0.39, 0.29) is 12.0 Å². The Labute approximate surface area is 178 Å². The first-order valence-electron chi connectivity index (χ1n) is 9.94. The maximum atomic E-state index is 12.8. The lowest BCUT2D eigenvalue weighted by Crippen LogP contribution is -2.19. The van der Waals surface area contributed by atoms with Crippen molar-refractivity contribution in [3.8, 4) is 17.0 Å². The number of carbonyl (C=O) groups is 1. The van der Waals surface area contributed by atoms with Crippen LogP contribution < -0.4 is 10.1 Å². The Balaban J connectivity index is 1.27.